The lowest BCUT2D eigenvalue weighted by Crippen LogP contribution is -2.09. The Balaban J connectivity index is 1.79. The van der Waals surface area contributed by atoms with Gasteiger partial charge in [0.05, 0.1) is 33.0 Å². The zero-order valence-corrected chi connectivity index (χ0v) is 17.4. The van der Waals surface area contributed by atoms with Crippen molar-refractivity contribution in [1.82, 2.24) is 0 Å². The molecule has 0 saturated carbocycles. The minimum atomic E-state index is -0.510. The van der Waals surface area contributed by atoms with E-state index >= 15 is 0 Å². The molecule has 6 heteroatoms. The van der Waals surface area contributed by atoms with Crippen LogP contribution in [0.15, 0.2) is 66.7 Å². The predicted octanol–water partition coefficient (Wildman–Crippen LogP) is 5.00. The second-order valence-electron chi connectivity index (χ2n) is 6.40. The number of para-hydroxylation sites is 1. The summed E-state index contributed by atoms with van der Waals surface area (Å²) >= 11 is 0. The maximum Gasteiger partial charge on any atom is 0.347 e. The molecule has 0 spiro atoms. The van der Waals surface area contributed by atoms with Gasteiger partial charge in [0.1, 0.15) is 17.1 Å². The highest BCUT2D eigenvalue weighted by Gasteiger charge is 2.14. The van der Waals surface area contributed by atoms with Crippen LogP contribution >= 0.6 is 0 Å². The lowest BCUT2D eigenvalue weighted by molar-refractivity contribution is 0.0731. The van der Waals surface area contributed by atoms with E-state index in [4.69, 9.17) is 18.9 Å². The van der Waals surface area contributed by atoms with Crippen molar-refractivity contribution >= 4 is 17.6 Å². The average molecular weight is 415 g/mol. The van der Waals surface area contributed by atoms with Gasteiger partial charge in [0.25, 0.3) is 0 Å². The Labute approximate surface area is 180 Å². The summed E-state index contributed by atoms with van der Waals surface area (Å²) in [4.78, 5) is 12.4. The van der Waals surface area contributed by atoms with Crippen LogP contribution in [0.3, 0.4) is 0 Å². The molecule has 0 aliphatic carbocycles. The van der Waals surface area contributed by atoms with Crippen LogP contribution < -0.4 is 18.9 Å². The van der Waals surface area contributed by atoms with Crippen molar-refractivity contribution in [2.45, 2.75) is 0 Å². The van der Waals surface area contributed by atoms with Gasteiger partial charge in [0.2, 0.25) is 0 Å². The smallest absolute Gasteiger partial charge is 0.347 e. The highest BCUT2D eigenvalue weighted by atomic mass is 16.5. The molecule has 0 N–H and O–H groups in total. The van der Waals surface area contributed by atoms with Crippen molar-refractivity contribution in [3.8, 4) is 29.1 Å². The quantitative estimate of drug-likeness (QED) is 0.234. The summed E-state index contributed by atoms with van der Waals surface area (Å²) in [7, 11) is 4.60. The van der Waals surface area contributed by atoms with Crippen molar-refractivity contribution in [2.75, 3.05) is 21.3 Å². The molecule has 0 amide bonds. The van der Waals surface area contributed by atoms with Gasteiger partial charge >= 0.3 is 5.97 Å². The van der Waals surface area contributed by atoms with Crippen LogP contribution in [-0.4, -0.2) is 27.3 Å². The maximum absolute atomic E-state index is 12.4. The van der Waals surface area contributed by atoms with Gasteiger partial charge in [-0.05, 0) is 59.7 Å². The van der Waals surface area contributed by atoms with Gasteiger partial charge in [-0.15, -0.1) is 0 Å². The topological polar surface area (TPSA) is 77.8 Å². The van der Waals surface area contributed by atoms with Gasteiger partial charge < -0.3 is 18.9 Å². The third-order valence-corrected chi connectivity index (χ3v) is 4.54. The van der Waals surface area contributed by atoms with Gasteiger partial charge in [-0.2, -0.15) is 5.26 Å². The van der Waals surface area contributed by atoms with Gasteiger partial charge in [-0.3, -0.25) is 0 Å². The molecule has 31 heavy (non-hydrogen) atoms. The van der Waals surface area contributed by atoms with Crippen LogP contribution in [0.5, 0.6) is 23.0 Å². The number of nitriles is 1. The summed E-state index contributed by atoms with van der Waals surface area (Å²) in [5.74, 6) is 1.45. The summed E-state index contributed by atoms with van der Waals surface area (Å²) in [6, 6.07) is 21.2. The Hall–Kier alpha value is -4.24. The largest absolute Gasteiger partial charge is 0.496 e. The Morgan fingerprint density at radius 2 is 1.52 bits per heavy atom. The highest BCUT2D eigenvalue weighted by Crippen LogP contribution is 2.31. The molecule has 0 aliphatic heterocycles. The maximum atomic E-state index is 12.4. The van der Waals surface area contributed by atoms with Gasteiger partial charge in [-0.1, -0.05) is 24.3 Å². The van der Waals surface area contributed by atoms with Crippen molar-refractivity contribution in [1.29, 1.82) is 5.26 Å². The first-order valence-corrected chi connectivity index (χ1v) is 9.39. The number of ether oxygens (including phenoxy) is 4. The zero-order valence-electron chi connectivity index (χ0n) is 17.4. The minimum Gasteiger partial charge on any atom is -0.496 e. The van der Waals surface area contributed by atoms with E-state index < -0.39 is 5.97 Å². The number of rotatable bonds is 7. The van der Waals surface area contributed by atoms with Crippen LogP contribution in [0.1, 0.15) is 21.5 Å². The summed E-state index contributed by atoms with van der Waals surface area (Å²) in [6.07, 6.45) is 1.74. The lowest BCUT2D eigenvalue weighted by atomic mass is 10.0. The number of allylic oxidation sites excluding steroid dienone is 1. The van der Waals surface area contributed by atoms with E-state index in [9.17, 15) is 10.1 Å². The van der Waals surface area contributed by atoms with E-state index in [1.807, 2.05) is 0 Å². The standard InChI is InChI=1S/C25H21NO5/c1-28-22-7-5-4-6-21(22)25(27)31-20-11-8-17(9-12-20)14-19(16-26)18-10-13-23(29-2)24(15-18)30-3/h4-15H,1-3H3/b19-14-. The molecule has 0 fully saturated rings. The summed E-state index contributed by atoms with van der Waals surface area (Å²) in [5.41, 5.74) is 2.28. The fraction of sp³-hybridized carbons (Fsp3) is 0.120. The molecule has 0 bridgehead atoms. The van der Waals surface area contributed by atoms with E-state index in [0.29, 0.717) is 39.7 Å². The number of nitrogens with zero attached hydrogens (tertiary/aromatic N) is 1. The molecule has 3 aromatic rings. The molecule has 3 aromatic carbocycles. The number of carbonyl (C=O) groups excluding carboxylic acids is 1. The van der Waals surface area contributed by atoms with Gasteiger partial charge in [-0.25, -0.2) is 4.79 Å². The van der Waals surface area contributed by atoms with Crippen molar-refractivity contribution in [3.05, 3.63) is 83.4 Å². The van der Waals surface area contributed by atoms with Crippen LogP contribution in [0, 0.1) is 11.3 Å². The van der Waals surface area contributed by atoms with Crippen LogP contribution in [0.2, 0.25) is 0 Å². The molecule has 156 valence electrons. The molecule has 0 aliphatic rings. The van der Waals surface area contributed by atoms with E-state index in [0.717, 1.165) is 5.56 Å². The number of benzene rings is 3. The summed E-state index contributed by atoms with van der Waals surface area (Å²) in [5, 5.41) is 9.61. The average Bonchev–Trinajstić information content (AvgIpc) is 2.83. The number of esters is 1. The molecular weight excluding hydrogens is 394 g/mol. The fourth-order valence-electron chi connectivity index (χ4n) is 2.96. The first-order valence-electron chi connectivity index (χ1n) is 9.39. The third kappa shape index (κ3) is 5.03. The van der Waals surface area contributed by atoms with Gasteiger partial charge in [0, 0.05) is 0 Å². The van der Waals surface area contributed by atoms with Crippen molar-refractivity contribution < 1.29 is 23.7 Å². The highest BCUT2D eigenvalue weighted by molar-refractivity contribution is 5.94. The number of methoxy groups -OCH3 is 3. The Bertz CT molecular complexity index is 1140. The molecule has 0 saturated heterocycles. The van der Waals surface area contributed by atoms with E-state index in [2.05, 4.69) is 6.07 Å². The molecule has 0 atom stereocenters. The molecule has 0 unspecified atom stereocenters. The number of hydrogen-bond donors (Lipinski definition) is 0. The molecule has 0 heterocycles. The van der Waals surface area contributed by atoms with Crippen LogP contribution in [0.25, 0.3) is 11.6 Å². The predicted molar refractivity (Wildman–Crippen MR) is 117 cm³/mol. The fourth-order valence-corrected chi connectivity index (χ4v) is 2.96. The normalized spacial score (nSPS) is 10.7. The molecule has 3 rings (SSSR count). The number of hydrogen-bond acceptors (Lipinski definition) is 6. The van der Waals surface area contributed by atoms with Crippen LogP contribution in [-0.2, 0) is 0 Å². The first-order chi connectivity index (χ1) is 15.1. The second kappa shape index (κ2) is 9.99. The molecule has 6 nitrogen and oxygen atoms in total. The Morgan fingerprint density at radius 1 is 0.839 bits per heavy atom. The second-order valence-corrected chi connectivity index (χ2v) is 6.40. The molecule has 0 radical (unpaired) electrons. The minimum absolute atomic E-state index is 0.342. The van der Waals surface area contributed by atoms with Gasteiger partial charge in [0.15, 0.2) is 11.5 Å². The van der Waals surface area contributed by atoms with Crippen molar-refractivity contribution in [2.24, 2.45) is 0 Å². The third-order valence-electron chi connectivity index (χ3n) is 4.54. The lowest BCUT2D eigenvalue weighted by Gasteiger charge is -2.09. The molecular formula is C25H21NO5. The SMILES string of the molecule is COc1ccc(/C(C#N)=C\c2ccc(OC(=O)c3ccccc3OC)cc2)cc1OC. The van der Waals surface area contributed by atoms with E-state index in [1.54, 1.807) is 87.0 Å². The van der Waals surface area contributed by atoms with Crippen LogP contribution in [0.4, 0.5) is 0 Å². The van der Waals surface area contributed by atoms with E-state index in [-0.39, 0.29) is 0 Å². The summed E-state index contributed by atoms with van der Waals surface area (Å²) < 4.78 is 21.2. The van der Waals surface area contributed by atoms with Crippen molar-refractivity contribution in [3.63, 3.8) is 0 Å². The monoisotopic (exact) mass is 415 g/mol. The summed E-state index contributed by atoms with van der Waals surface area (Å²) in [6.45, 7) is 0. The van der Waals surface area contributed by atoms with E-state index in [1.165, 1.54) is 7.11 Å². The zero-order chi connectivity index (χ0) is 22.2. The molecule has 0 aromatic heterocycles. The Kier molecular flexibility index (Phi) is 6.92. The number of carbonyl (C=O) groups is 1. The Morgan fingerprint density at radius 3 is 2.16 bits per heavy atom. The first kappa shape index (κ1) is 21.5.